The van der Waals surface area contributed by atoms with Crippen LogP contribution in [0.3, 0.4) is 0 Å². The zero-order chi connectivity index (χ0) is 17.9. The minimum Gasteiger partial charge on any atom is -0.451 e. The van der Waals surface area contributed by atoms with Gasteiger partial charge in [0.2, 0.25) is 5.91 Å². The van der Waals surface area contributed by atoms with Crippen molar-refractivity contribution in [1.82, 2.24) is 15.3 Å². The molecule has 0 radical (unpaired) electrons. The van der Waals surface area contributed by atoms with Gasteiger partial charge in [-0.3, -0.25) is 4.79 Å². The molecule has 0 spiro atoms. The zero-order valence-electron chi connectivity index (χ0n) is 14.7. The Morgan fingerprint density at radius 3 is 3.04 bits per heavy atom. The van der Waals surface area contributed by atoms with E-state index < -0.39 is 0 Å². The number of nitrogens with one attached hydrogen (secondary N) is 1. The number of fused-ring (bicyclic) bond motifs is 3. The lowest BCUT2D eigenvalue weighted by molar-refractivity contribution is -0.119. The van der Waals surface area contributed by atoms with Gasteiger partial charge in [-0.25, -0.2) is 9.97 Å². The number of nitrogens with zero attached hydrogens (tertiary/aromatic N) is 2. The van der Waals surface area contributed by atoms with Crippen molar-refractivity contribution in [3.8, 4) is 0 Å². The minimum absolute atomic E-state index is 0.0218. The summed E-state index contributed by atoms with van der Waals surface area (Å²) in [6, 6.07) is 7.82. The van der Waals surface area contributed by atoms with E-state index in [1.165, 1.54) is 11.8 Å². The Hall–Kier alpha value is -2.12. The van der Waals surface area contributed by atoms with Crippen LogP contribution in [0.15, 0.2) is 33.7 Å². The SMILES string of the molecule is CCc1nc(SCC(=O)NC[C@H]2CCCO2)c2oc3ccccc3c2n1. The Morgan fingerprint density at radius 1 is 1.35 bits per heavy atom. The Bertz CT molecular complexity index is 934. The van der Waals surface area contributed by atoms with E-state index in [1.807, 2.05) is 31.2 Å². The van der Waals surface area contributed by atoms with Gasteiger partial charge in [0, 0.05) is 25.0 Å². The van der Waals surface area contributed by atoms with Gasteiger partial charge in [-0.15, -0.1) is 0 Å². The van der Waals surface area contributed by atoms with E-state index in [4.69, 9.17) is 9.15 Å². The summed E-state index contributed by atoms with van der Waals surface area (Å²) in [5.41, 5.74) is 2.25. The number of aryl methyl sites for hydroxylation is 1. The molecule has 6 nitrogen and oxygen atoms in total. The Morgan fingerprint density at radius 2 is 2.23 bits per heavy atom. The third-order valence-electron chi connectivity index (χ3n) is 4.44. The van der Waals surface area contributed by atoms with Crippen LogP contribution in [-0.4, -0.2) is 40.9 Å². The van der Waals surface area contributed by atoms with E-state index in [-0.39, 0.29) is 12.0 Å². The fourth-order valence-electron chi connectivity index (χ4n) is 3.08. The van der Waals surface area contributed by atoms with E-state index in [1.54, 1.807) is 0 Å². The molecule has 0 aliphatic carbocycles. The van der Waals surface area contributed by atoms with Crippen LogP contribution in [0, 0.1) is 0 Å². The standard InChI is InChI=1S/C19H21N3O3S/c1-2-15-21-17-13-7-3-4-8-14(13)25-18(17)19(22-15)26-11-16(23)20-10-12-6-5-9-24-12/h3-4,7-8,12H,2,5-6,9-11H2,1H3,(H,20,23)/t12-/m1/s1. The second-order valence-corrected chi connectivity index (χ2v) is 7.27. The number of hydrogen-bond acceptors (Lipinski definition) is 6. The monoisotopic (exact) mass is 371 g/mol. The highest BCUT2D eigenvalue weighted by Crippen LogP contribution is 2.33. The van der Waals surface area contributed by atoms with Crippen LogP contribution >= 0.6 is 11.8 Å². The summed E-state index contributed by atoms with van der Waals surface area (Å²) in [7, 11) is 0. The van der Waals surface area contributed by atoms with Crippen molar-refractivity contribution in [1.29, 1.82) is 0 Å². The van der Waals surface area contributed by atoms with Gasteiger partial charge in [-0.1, -0.05) is 30.8 Å². The van der Waals surface area contributed by atoms with E-state index in [0.717, 1.165) is 53.2 Å². The van der Waals surface area contributed by atoms with Gasteiger partial charge in [0.05, 0.1) is 11.9 Å². The van der Waals surface area contributed by atoms with Crippen LogP contribution < -0.4 is 5.32 Å². The number of carbonyl (C=O) groups excluding carboxylic acids is 1. The van der Waals surface area contributed by atoms with E-state index >= 15 is 0 Å². The number of para-hydroxylation sites is 1. The number of ether oxygens (including phenoxy) is 1. The molecule has 1 N–H and O–H groups in total. The number of benzene rings is 1. The third kappa shape index (κ3) is 3.54. The molecule has 7 heteroatoms. The molecule has 4 rings (SSSR count). The maximum atomic E-state index is 12.2. The predicted octanol–water partition coefficient (Wildman–Crippen LogP) is 3.33. The van der Waals surface area contributed by atoms with Gasteiger partial charge in [0.25, 0.3) is 0 Å². The molecule has 1 aliphatic heterocycles. The number of amides is 1. The summed E-state index contributed by atoms with van der Waals surface area (Å²) >= 11 is 1.39. The molecule has 2 aromatic heterocycles. The number of carbonyl (C=O) groups is 1. The number of hydrogen-bond donors (Lipinski definition) is 1. The van der Waals surface area contributed by atoms with Crippen molar-refractivity contribution < 1.29 is 13.9 Å². The van der Waals surface area contributed by atoms with E-state index in [2.05, 4.69) is 15.3 Å². The molecule has 1 aromatic carbocycles. The molecule has 1 aliphatic rings. The van der Waals surface area contributed by atoms with Gasteiger partial charge >= 0.3 is 0 Å². The molecular weight excluding hydrogens is 350 g/mol. The van der Waals surface area contributed by atoms with Crippen LogP contribution in [-0.2, 0) is 16.0 Å². The maximum absolute atomic E-state index is 12.2. The zero-order valence-corrected chi connectivity index (χ0v) is 15.5. The average molecular weight is 371 g/mol. The first-order valence-electron chi connectivity index (χ1n) is 8.94. The highest BCUT2D eigenvalue weighted by Gasteiger charge is 2.18. The first-order valence-corrected chi connectivity index (χ1v) is 9.92. The van der Waals surface area contributed by atoms with Crippen LogP contribution in [0.2, 0.25) is 0 Å². The molecule has 3 heterocycles. The van der Waals surface area contributed by atoms with Gasteiger partial charge in [0.15, 0.2) is 5.58 Å². The Kier molecular flexibility index (Phi) is 5.08. The fourth-order valence-corrected chi connectivity index (χ4v) is 3.89. The summed E-state index contributed by atoms with van der Waals surface area (Å²) in [6.45, 7) is 3.38. The molecule has 26 heavy (non-hydrogen) atoms. The topological polar surface area (TPSA) is 77.2 Å². The summed E-state index contributed by atoms with van der Waals surface area (Å²) < 4.78 is 11.5. The van der Waals surface area contributed by atoms with Crippen LogP contribution in [0.4, 0.5) is 0 Å². The lowest BCUT2D eigenvalue weighted by Gasteiger charge is -2.10. The van der Waals surface area contributed by atoms with Crippen molar-refractivity contribution >= 4 is 39.7 Å². The molecular formula is C19H21N3O3S. The van der Waals surface area contributed by atoms with Gasteiger partial charge < -0.3 is 14.5 Å². The molecule has 136 valence electrons. The van der Waals surface area contributed by atoms with E-state index in [0.29, 0.717) is 17.9 Å². The highest BCUT2D eigenvalue weighted by molar-refractivity contribution is 8.00. The lowest BCUT2D eigenvalue weighted by Crippen LogP contribution is -2.32. The van der Waals surface area contributed by atoms with Crippen molar-refractivity contribution in [3.63, 3.8) is 0 Å². The van der Waals surface area contributed by atoms with Gasteiger partial charge in [-0.05, 0) is 25.0 Å². The smallest absolute Gasteiger partial charge is 0.230 e. The number of aromatic nitrogens is 2. The number of thioether (sulfide) groups is 1. The summed E-state index contributed by atoms with van der Waals surface area (Å²) in [6.07, 6.45) is 2.96. The summed E-state index contributed by atoms with van der Waals surface area (Å²) in [5, 5.41) is 4.63. The third-order valence-corrected chi connectivity index (χ3v) is 5.40. The van der Waals surface area contributed by atoms with Crippen molar-refractivity contribution in [2.24, 2.45) is 0 Å². The molecule has 1 atom stereocenters. The van der Waals surface area contributed by atoms with Gasteiger partial charge in [-0.2, -0.15) is 0 Å². The normalized spacial score (nSPS) is 17.2. The van der Waals surface area contributed by atoms with E-state index in [9.17, 15) is 4.79 Å². The largest absolute Gasteiger partial charge is 0.451 e. The first-order chi connectivity index (χ1) is 12.7. The fraction of sp³-hybridized carbons (Fsp3) is 0.421. The Labute approximate surface area is 155 Å². The van der Waals surface area contributed by atoms with Crippen molar-refractivity contribution in [3.05, 3.63) is 30.1 Å². The number of furan rings is 1. The summed E-state index contributed by atoms with van der Waals surface area (Å²) in [4.78, 5) is 21.4. The maximum Gasteiger partial charge on any atom is 0.230 e. The predicted molar refractivity (Wildman–Crippen MR) is 101 cm³/mol. The lowest BCUT2D eigenvalue weighted by atomic mass is 10.2. The highest BCUT2D eigenvalue weighted by atomic mass is 32.2. The minimum atomic E-state index is -0.0218. The second kappa shape index (κ2) is 7.63. The van der Waals surface area contributed by atoms with Crippen molar-refractivity contribution in [2.75, 3.05) is 18.9 Å². The van der Waals surface area contributed by atoms with Crippen molar-refractivity contribution in [2.45, 2.75) is 37.3 Å². The molecule has 3 aromatic rings. The first kappa shape index (κ1) is 17.3. The molecule has 1 amide bonds. The molecule has 0 unspecified atom stereocenters. The number of rotatable bonds is 6. The molecule has 1 saturated heterocycles. The molecule has 0 saturated carbocycles. The average Bonchev–Trinajstić information content (AvgIpc) is 3.31. The second-order valence-electron chi connectivity index (χ2n) is 6.30. The molecule has 0 bridgehead atoms. The van der Waals surface area contributed by atoms with Crippen LogP contribution in [0.1, 0.15) is 25.6 Å². The summed E-state index contributed by atoms with van der Waals surface area (Å²) in [5.74, 6) is 1.02. The molecule has 1 fully saturated rings. The Balaban J connectivity index is 1.52. The van der Waals surface area contributed by atoms with Crippen LogP contribution in [0.25, 0.3) is 22.1 Å². The van der Waals surface area contributed by atoms with Crippen LogP contribution in [0.5, 0.6) is 0 Å². The van der Waals surface area contributed by atoms with Gasteiger partial charge in [0.1, 0.15) is 22.0 Å². The quantitative estimate of drug-likeness (QED) is 0.529.